The van der Waals surface area contributed by atoms with Crippen LogP contribution >= 0.6 is 0 Å². The van der Waals surface area contributed by atoms with Crippen molar-refractivity contribution in [3.8, 4) is 11.1 Å². The minimum Gasteiger partial charge on any atom is -0.478 e. The maximum atomic E-state index is 12.5. The topological polar surface area (TPSA) is 106 Å². The third kappa shape index (κ3) is 2.86. The van der Waals surface area contributed by atoms with Crippen LogP contribution in [0.4, 0.5) is 10.6 Å². The largest absolute Gasteiger partial charge is 0.478 e. The van der Waals surface area contributed by atoms with E-state index < -0.39 is 12.1 Å². The Morgan fingerprint density at radius 1 is 1.07 bits per heavy atom. The highest BCUT2D eigenvalue weighted by Gasteiger charge is 2.29. The summed E-state index contributed by atoms with van der Waals surface area (Å²) in [7, 11) is 0. The van der Waals surface area contributed by atoms with Gasteiger partial charge in [-0.15, -0.1) is 0 Å². The first kappa shape index (κ1) is 17.9. The molecule has 0 unspecified atom stereocenters. The zero-order valence-electron chi connectivity index (χ0n) is 15.6. The van der Waals surface area contributed by atoms with Gasteiger partial charge >= 0.3 is 12.1 Å². The van der Waals surface area contributed by atoms with Crippen LogP contribution < -0.4 is 5.32 Å². The van der Waals surface area contributed by atoms with E-state index in [2.05, 4.69) is 27.5 Å². The lowest BCUT2D eigenvalue weighted by Gasteiger charge is -2.14. The molecule has 0 atom stereocenters. The summed E-state index contributed by atoms with van der Waals surface area (Å²) < 4.78 is 6.85. The molecule has 30 heavy (non-hydrogen) atoms. The number of carbonyl (C=O) groups excluding carboxylic acids is 1. The van der Waals surface area contributed by atoms with Crippen LogP contribution in [0.2, 0.25) is 0 Å². The van der Waals surface area contributed by atoms with Gasteiger partial charge in [0.25, 0.3) is 0 Å². The predicted molar refractivity (Wildman–Crippen MR) is 109 cm³/mol. The van der Waals surface area contributed by atoms with Crippen LogP contribution in [-0.4, -0.2) is 38.4 Å². The van der Waals surface area contributed by atoms with Crippen molar-refractivity contribution in [2.75, 3.05) is 11.9 Å². The summed E-state index contributed by atoms with van der Waals surface area (Å²) in [6.45, 7) is 0.147. The smallest absolute Gasteiger partial charge is 0.412 e. The van der Waals surface area contributed by atoms with Crippen molar-refractivity contribution >= 4 is 23.4 Å². The number of carbonyl (C=O) groups is 2. The Hall–Kier alpha value is -4.20. The Balaban J connectivity index is 1.37. The molecule has 2 N–H and O–H groups in total. The highest BCUT2D eigenvalue weighted by atomic mass is 16.5. The van der Waals surface area contributed by atoms with Crippen molar-refractivity contribution in [1.29, 1.82) is 0 Å². The van der Waals surface area contributed by atoms with E-state index in [0.717, 1.165) is 22.3 Å². The van der Waals surface area contributed by atoms with Gasteiger partial charge in [0.1, 0.15) is 17.7 Å². The summed E-state index contributed by atoms with van der Waals surface area (Å²) in [4.78, 5) is 28.0. The van der Waals surface area contributed by atoms with Crippen LogP contribution in [0.5, 0.6) is 0 Å². The summed E-state index contributed by atoms with van der Waals surface area (Å²) in [5.74, 6) is -1.16. The number of aromatic carboxylic acids is 1. The standard InChI is InChI=1S/C22H16N4O4/c27-21(28)17-11-24-26-10-9-23-20(19(17)26)25-22(29)30-12-18-15-7-3-1-5-13(15)14-6-2-4-8-16(14)18/h1-11,18H,12H2,(H,27,28)(H,23,25,29). The van der Waals surface area contributed by atoms with Crippen LogP contribution in [0.3, 0.4) is 0 Å². The van der Waals surface area contributed by atoms with Crippen LogP contribution in [-0.2, 0) is 4.74 Å². The number of fused-ring (bicyclic) bond motifs is 4. The summed E-state index contributed by atoms with van der Waals surface area (Å²) in [6, 6.07) is 16.1. The highest BCUT2D eigenvalue weighted by Crippen LogP contribution is 2.44. The molecule has 0 saturated heterocycles. The van der Waals surface area contributed by atoms with E-state index in [-0.39, 0.29) is 29.4 Å². The fourth-order valence-electron chi connectivity index (χ4n) is 3.92. The van der Waals surface area contributed by atoms with Gasteiger partial charge < -0.3 is 9.84 Å². The fraction of sp³-hybridized carbons (Fsp3) is 0.0909. The molecular formula is C22H16N4O4. The third-order valence-electron chi connectivity index (χ3n) is 5.23. The molecule has 0 fully saturated rings. The molecule has 8 heteroatoms. The van der Waals surface area contributed by atoms with Gasteiger partial charge in [-0.1, -0.05) is 48.5 Å². The van der Waals surface area contributed by atoms with Crippen molar-refractivity contribution in [3.63, 3.8) is 0 Å². The van der Waals surface area contributed by atoms with Crippen molar-refractivity contribution in [1.82, 2.24) is 14.6 Å². The van der Waals surface area contributed by atoms with E-state index in [9.17, 15) is 14.7 Å². The number of nitrogens with one attached hydrogen (secondary N) is 1. The Morgan fingerprint density at radius 3 is 2.40 bits per heavy atom. The molecule has 8 nitrogen and oxygen atoms in total. The molecule has 1 aliphatic rings. The Kier molecular flexibility index (Phi) is 4.17. The van der Waals surface area contributed by atoms with E-state index in [1.807, 2.05) is 36.4 Å². The van der Waals surface area contributed by atoms with Gasteiger partial charge in [-0.3, -0.25) is 5.32 Å². The molecule has 0 saturated carbocycles. The zero-order valence-corrected chi connectivity index (χ0v) is 15.6. The monoisotopic (exact) mass is 400 g/mol. The summed E-state index contributed by atoms with van der Waals surface area (Å²) in [5, 5.41) is 15.9. The minimum atomic E-state index is -1.16. The molecule has 0 radical (unpaired) electrons. The van der Waals surface area contributed by atoms with Gasteiger partial charge in [0.05, 0.1) is 6.20 Å². The number of carboxylic acids is 1. The van der Waals surface area contributed by atoms with Crippen LogP contribution in [0, 0.1) is 0 Å². The first-order valence-electron chi connectivity index (χ1n) is 9.31. The molecule has 2 aromatic carbocycles. The number of benzene rings is 2. The minimum absolute atomic E-state index is 0.0583. The van der Waals surface area contributed by atoms with E-state index >= 15 is 0 Å². The van der Waals surface area contributed by atoms with Gasteiger partial charge in [0, 0.05) is 18.3 Å². The predicted octanol–water partition coefficient (Wildman–Crippen LogP) is 3.79. The number of carboxylic acid groups (broad SMARTS) is 1. The number of nitrogens with zero attached hydrogens (tertiary/aromatic N) is 3. The lowest BCUT2D eigenvalue weighted by Crippen LogP contribution is -2.19. The van der Waals surface area contributed by atoms with E-state index in [1.165, 1.54) is 23.1 Å². The van der Waals surface area contributed by atoms with Crippen molar-refractivity contribution < 1.29 is 19.4 Å². The molecule has 2 aromatic heterocycles. The number of hydrogen-bond acceptors (Lipinski definition) is 5. The maximum Gasteiger partial charge on any atom is 0.412 e. The third-order valence-corrected chi connectivity index (χ3v) is 5.23. The molecule has 0 spiro atoms. The molecule has 5 rings (SSSR count). The number of hydrogen-bond donors (Lipinski definition) is 2. The number of amides is 1. The molecule has 2 heterocycles. The molecule has 1 aliphatic carbocycles. The lowest BCUT2D eigenvalue weighted by molar-refractivity contribution is 0.0699. The van der Waals surface area contributed by atoms with Crippen LogP contribution in [0.1, 0.15) is 27.4 Å². The average Bonchev–Trinajstić information content (AvgIpc) is 3.33. The summed E-state index contributed by atoms with van der Waals surface area (Å²) in [5.41, 5.74) is 4.62. The SMILES string of the molecule is O=C(Nc1nccn2ncc(C(=O)O)c12)OCC1c2ccccc2-c2ccccc21. The van der Waals surface area contributed by atoms with E-state index in [1.54, 1.807) is 0 Å². The second kappa shape index (κ2) is 7.00. The average molecular weight is 400 g/mol. The molecule has 0 bridgehead atoms. The summed E-state index contributed by atoms with van der Waals surface area (Å²) in [6.07, 6.45) is 3.42. The number of ether oxygens (including phenoxy) is 1. The molecule has 0 aliphatic heterocycles. The molecule has 1 amide bonds. The second-order valence-electron chi connectivity index (χ2n) is 6.88. The second-order valence-corrected chi connectivity index (χ2v) is 6.88. The number of anilines is 1. The molecule has 4 aromatic rings. The van der Waals surface area contributed by atoms with Gasteiger partial charge in [0.15, 0.2) is 5.82 Å². The van der Waals surface area contributed by atoms with Crippen molar-refractivity contribution in [3.05, 3.63) is 83.8 Å². The van der Waals surface area contributed by atoms with E-state index in [0.29, 0.717) is 0 Å². The van der Waals surface area contributed by atoms with Gasteiger partial charge in [-0.25, -0.2) is 19.1 Å². The van der Waals surface area contributed by atoms with Crippen molar-refractivity contribution in [2.24, 2.45) is 0 Å². The van der Waals surface area contributed by atoms with Crippen molar-refractivity contribution in [2.45, 2.75) is 5.92 Å². The highest BCUT2D eigenvalue weighted by molar-refractivity contribution is 6.01. The number of aromatic nitrogens is 3. The Morgan fingerprint density at radius 2 is 1.73 bits per heavy atom. The van der Waals surface area contributed by atoms with Gasteiger partial charge in [-0.2, -0.15) is 5.10 Å². The fourth-order valence-corrected chi connectivity index (χ4v) is 3.92. The Labute approximate surface area is 170 Å². The maximum absolute atomic E-state index is 12.5. The lowest BCUT2D eigenvalue weighted by atomic mass is 9.98. The molecular weight excluding hydrogens is 384 g/mol. The Bertz CT molecular complexity index is 1250. The van der Waals surface area contributed by atoms with Crippen LogP contribution in [0.25, 0.3) is 16.6 Å². The van der Waals surface area contributed by atoms with Crippen LogP contribution in [0.15, 0.2) is 67.1 Å². The van der Waals surface area contributed by atoms with E-state index in [4.69, 9.17) is 4.74 Å². The normalized spacial score (nSPS) is 12.4. The van der Waals surface area contributed by atoms with Gasteiger partial charge in [0.2, 0.25) is 0 Å². The zero-order chi connectivity index (χ0) is 20.7. The number of rotatable bonds is 4. The molecule has 148 valence electrons. The quantitative estimate of drug-likeness (QED) is 0.540. The first-order valence-corrected chi connectivity index (χ1v) is 9.31. The van der Waals surface area contributed by atoms with Gasteiger partial charge in [-0.05, 0) is 22.3 Å². The summed E-state index contributed by atoms with van der Waals surface area (Å²) >= 11 is 0. The first-order chi connectivity index (χ1) is 14.6.